The first-order valence-electron chi connectivity index (χ1n) is 5.65. The third-order valence-corrected chi connectivity index (χ3v) is 3.24. The minimum atomic E-state index is -0.278. The molecule has 1 heterocycles. The molecule has 0 saturated carbocycles. The van der Waals surface area contributed by atoms with Gasteiger partial charge in [0.2, 0.25) is 0 Å². The van der Waals surface area contributed by atoms with Gasteiger partial charge in [-0.1, -0.05) is 18.2 Å². The number of hydrogen-bond acceptors (Lipinski definition) is 2. The number of aliphatic hydroxyl groups is 1. The molecule has 0 aliphatic heterocycles. The molecule has 1 N–H and O–H groups in total. The highest BCUT2D eigenvalue weighted by atomic mass is 79.9. The van der Waals surface area contributed by atoms with E-state index in [2.05, 4.69) is 20.9 Å². The fourth-order valence-electron chi connectivity index (χ4n) is 1.93. The van der Waals surface area contributed by atoms with Gasteiger partial charge in [-0.25, -0.2) is 4.39 Å². The summed E-state index contributed by atoms with van der Waals surface area (Å²) in [6, 6.07) is 8.48. The quantitative estimate of drug-likeness (QED) is 0.940. The van der Waals surface area contributed by atoms with Gasteiger partial charge in [0.25, 0.3) is 0 Å². The van der Waals surface area contributed by atoms with E-state index in [0.29, 0.717) is 12.0 Å². The van der Waals surface area contributed by atoms with Crippen molar-refractivity contribution in [3.05, 3.63) is 64.1 Å². The van der Waals surface area contributed by atoms with Gasteiger partial charge < -0.3 is 5.11 Å². The lowest BCUT2D eigenvalue weighted by Gasteiger charge is -2.15. The molecular formula is C14H13BrFNO. The average molecular weight is 310 g/mol. The van der Waals surface area contributed by atoms with Gasteiger partial charge in [-0.05, 0) is 45.6 Å². The summed E-state index contributed by atoms with van der Waals surface area (Å²) in [5.41, 5.74) is 1.51. The molecule has 0 fully saturated rings. The minimum absolute atomic E-state index is 0.0898. The molecule has 0 saturated heterocycles. The van der Waals surface area contributed by atoms with Crippen molar-refractivity contribution in [1.82, 2.24) is 4.98 Å². The number of halogens is 2. The van der Waals surface area contributed by atoms with Gasteiger partial charge in [-0.2, -0.15) is 0 Å². The molecule has 1 atom stereocenters. The highest BCUT2D eigenvalue weighted by Crippen LogP contribution is 2.23. The van der Waals surface area contributed by atoms with Crippen LogP contribution in [0.25, 0.3) is 0 Å². The molecule has 2 nitrogen and oxygen atoms in total. The Kier molecular flexibility index (Phi) is 4.44. The van der Waals surface area contributed by atoms with Crippen molar-refractivity contribution in [2.45, 2.75) is 12.3 Å². The van der Waals surface area contributed by atoms with Crippen LogP contribution in [0.5, 0.6) is 0 Å². The van der Waals surface area contributed by atoms with E-state index in [1.165, 1.54) is 6.07 Å². The van der Waals surface area contributed by atoms with Crippen molar-refractivity contribution >= 4 is 15.9 Å². The summed E-state index contributed by atoms with van der Waals surface area (Å²) in [4.78, 5) is 4.07. The summed E-state index contributed by atoms with van der Waals surface area (Å²) in [5, 5.41) is 9.44. The SMILES string of the molecule is OCC(Cc1cncc(Br)c1)c1ccccc1F. The molecule has 94 valence electrons. The van der Waals surface area contributed by atoms with Gasteiger partial charge in [0.15, 0.2) is 0 Å². The van der Waals surface area contributed by atoms with Crippen LogP contribution in [-0.2, 0) is 6.42 Å². The van der Waals surface area contributed by atoms with Crippen LogP contribution < -0.4 is 0 Å². The molecule has 18 heavy (non-hydrogen) atoms. The Bertz CT molecular complexity index is 533. The summed E-state index contributed by atoms with van der Waals surface area (Å²) in [6.45, 7) is -0.0898. The molecule has 0 amide bonds. The van der Waals surface area contributed by atoms with Crippen LogP contribution in [-0.4, -0.2) is 16.7 Å². The lowest BCUT2D eigenvalue weighted by Crippen LogP contribution is -2.10. The van der Waals surface area contributed by atoms with Crippen LogP contribution in [0.4, 0.5) is 4.39 Å². The average Bonchev–Trinajstić information content (AvgIpc) is 2.37. The van der Waals surface area contributed by atoms with Gasteiger partial charge in [0.05, 0.1) is 6.61 Å². The number of rotatable bonds is 4. The molecule has 0 aliphatic carbocycles. The van der Waals surface area contributed by atoms with Crippen molar-refractivity contribution in [2.24, 2.45) is 0 Å². The second kappa shape index (κ2) is 6.07. The predicted molar refractivity (Wildman–Crippen MR) is 71.9 cm³/mol. The fourth-order valence-corrected chi connectivity index (χ4v) is 2.34. The van der Waals surface area contributed by atoms with E-state index in [-0.39, 0.29) is 18.3 Å². The Balaban J connectivity index is 2.23. The van der Waals surface area contributed by atoms with Gasteiger partial charge in [0.1, 0.15) is 5.82 Å². The van der Waals surface area contributed by atoms with E-state index in [4.69, 9.17) is 0 Å². The Labute approximate surface area is 114 Å². The Morgan fingerprint density at radius 3 is 2.72 bits per heavy atom. The molecule has 2 aromatic rings. The zero-order valence-corrected chi connectivity index (χ0v) is 11.3. The van der Waals surface area contributed by atoms with Crippen LogP contribution in [0.2, 0.25) is 0 Å². The first-order valence-corrected chi connectivity index (χ1v) is 6.44. The largest absolute Gasteiger partial charge is 0.396 e. The highest BCUT2D eigenvalue weighted by molar-refractivity contribution is 9.10. The zero-order valence-electron chi connectivity index (χ0n) is 9.68. The van der Waals surface area contributed by atoms with Gasteiger partial charge in [-0.3, -0.25) is 4.98 Å². The Hall–Kier alpha value is -1.26. The standard InChI is InChI=1S/C14H13BrFNO/c15-12-6-10(7-17-8-12)5-11(9-18)13-3-1-2-4-14(13)16/h1-4,6-8,11,18H,5,9H2. The molecule has 1 aromatic heterocycles. The molecule has 4 heteroatoms. The lowest BCUT2D eigenvalue weighted by atomic mass is 9.93. The van der Waals surface area contributed by atoms with Crippen LogP contribution >= 0.6 is 15.9 Å². The van der Waals surface area contributed by atoms with Crippen LogP contribution in [0.1, 0.15) is 17.0 Å². The van der Waals surface area contributed by atoms with Gasteiger partial charge >= 0.3 is 0 Å². The monoisotopic (exact) mass is 309 g/mol. The minimum Gasteiger partial charge on any atom is -0.396 e. The van der Waals surface area contributed by atoms with Crippen molar-refractivity contribution in [3.8, 4) is 0 Å². The molecular weight excluding hydrogens is 297 g/mol. The topological polar surface area (TPSA) is 33.1 Å². The summed E-state index contributed by atoms with van der Waals surface area (Å²) in [5.74, 6) is -0.526. The lowest BCUT2D eigenvalue weighted by molar-refractivity contribution is 0.261. The number of aromatic nitrogens is 1. The van der Waals surface area contributed by atoms with E-state index < -0.39 is 0 Å². The second-order valence-corrected chi connectivity index (χ2v) is 5.03. The second-order valence-electron chi connectivity index (χ2n) is 4.12. The zero-order chi connectivity index (χ0) is 13.0. The Morgan fingerprint density at radius 2 is 2.06 bits per heavy atom. The number of pyridine rings is 1. The molecule has 2 rings (SSSR count). The fraction of sp³-hybridized carbons (Fsp3) is 0.214. The summed E-state index contributed by atoms with van der Waals surface area (Å²) in [6.07, 6.45) is 3.98. The predicted octanol–water partition coefficient (Wildman–Crippen LogP) is 3.30. The molecule has 0 bridgehead atoms. The Morgan fingerprint density at radius 1 is 1.28 bits per heavy atom. The number of aliphatic hydroxyl groups excluding tert-OH is 1. The first-order chi connectivity index (χ1) is 8.70. The van der Waals surface area contributed by atoms with Crippen molar-refractivity contribution < 1.29 is 9.50 Å². The van der Waals surface area contributed by atoms with E-state index in [1.807, 2.05) is 6.07 Å². The third kappa shape index (κ3) is 3.15. The molecule has 1 unspecified atom stereocenters. The first kappa shape index (κ1) is 13.2. The van der Waals surface area contributed by atoms with Crippen molar-refractivity contribution in [3.63, 3.8) is 0 Å². The molecule has 1 aromatic carbocycles. The summed E-state index contributed by atoms with van der Waals surface area (Å²) < 4.78 is 14.6. The molecule has 0 radical (unpaired) electrons. The van der Waals surface area contributed by atoms with E-state index in [0.717, 1.165) is 10.0 Å². The normalized spacial score (nSPS) is 12.4. The highest BCUT2D eigenvalue weighted by Gasteiger charge is 2.15. The van der Waals surface area contributed by atoms with E-state index in [1.54, 1.807) is 30.6 Å². The number of nitrogens with zero attached hydrogens (tertiary/aromatic N) is 1. The maximum Gasteiger partial charge on any atom is 0.126 e. The van der Waals surface area contributed by atoms with E-state index in [9.17, 15) is 9.50 Å². The number of hydrogen-bond donors (Lipinski definition) is 1. The van der Waals surface area contributed by atoms with E-state index >= 15 is 0 Å². The van der Waals surface area contributed by atoms with Crippen LogP contribution in [0.15, 0.2) is 47.2 Å². The van der Waals surface area contributed by atoms with Gasteiger partial charge in [0, 0.05) is 22.8 Å². The smallest absolute Gasteiger partial charge is 0.126 e. The summed E-state index contributed by atoms with van der Waals surface area (Å²) >= 11 is 3.35. The molecule has 0 spiro atoms. The van der Waals surface area contributed by atoms with Crippen LogP contribution in [0, 0.1) is 5.82 Å². The maximum atomic E-state index is 13.7. The summed E-state index contributed by atoms with van der Waals surface area (Å²) in [7, 11) is 0. The van der Waals surface area contributed by atoms with Gasteiger partial charge in [-0.15, -0.1) is 0 Å². The van der Waals surface area contributed by atoms with Crippen molar-refractivity contribution in [1.29, 1.82) is 0 Å². The maximum absolute atomic E-state index is 13.7. The van der Waals surface area contributed by atoms with Crippen molar-refractivity contribution in [2.75, 3.05) is 6.61 Å². The number of benzene rings is 1. The molecule has 0 aliphatic rings. The van der Waals surface area contributed by atoms with Crippen LogP contribution in [0.3, 0.4) is 0 Å². The third-order valence-electron chi connectivity index (χ3n) is 2.81.